The smallest absolute Gasteiger partial charge is 0.276 e. The Morgan fingerprint density at radius 3 is 2.27 bits per heavy atom. The third kappa shape index (κ3) is 4.09. The molecular weight excluding hydrogens is 380 g/mol. The molecule has 2 fully saturated rings. The number of aryl methyl sites for hydroxylation is 1. The molecule has 0 N–H and O–H groups in total. The van der Waals surface area contributed by atoms with Gasteiger partial charge in [-0.25, -0.2) is 4.98 Å². The van der Waals surface area contributed by atoms with Crippen molar-refractivity contribution in [2.24, 2.45) is 0 Å². The highest BCUT2D eigenvalue weighted by Gasteiger charge is 2.30. The lowest BCUT2D eigenvalue weighted by atomic mass is 9.96. The van der Waals surface area contributed by atoms with E-state index in [1.807, 2.05) is 9.80 Å². The molecule has 0 bridgehead atoms. The summed E-state index contributed by atoms with van der Waals surface area (Å²) in [5.74, 6) is 1.24. The van der Waals surface area contributed by atoms with E-state index in [0.29, 0.717) is 41.6 Å². The number of rotatable bonds is 3. The number of carbonyl (C=O) groups is 2. The van der Waals surface area contributed by atoms with Crippen LogP contribution in [0.15, 0.2) is 28.7 Å². The number of aromatic nitrogens is 1. The van der Waals surface area contributed by atoms with Crippen molar-refractivity contribution in [2.75, 3.05) is 26.2 Å². The Kier molecular flexibility index (Phi) is 5.84. The second-order valence-corrected chi connectivity index (χ2v) is 8.07. The van der Waals surface area contributed by atoms with Gasteiger partial charge in [0, 0.05) is 37.7 Å². The first-order valence-corrected chi connectivity index (χ1v) is 10.6. The van der Waals surface area contributed by atoms with Crippen LogP contribution in [0.2, 0.25) is 0 Å². The van der Waals surface area contributed by atoms with Gasteiger partial charge in [-0.1, -0.05) is 0 Å². The van der Waals surface area contributed by atoms with Crippen LogP contribution in [0.3, 0.4) is 0 Å². The van der Waals surface area contributed by atoms with Crippen molar-refractivity contribution in [1.29, 1.82) is 5.26 Å². The van der Waals surface area contributed by atoms with Crippen molar-refractivity contribution < 1.29 is 14.0 Å². The highest BCUT2D eigenvalue weighted by molar-refractivity contribution is 5.94. The second kappa shape index (κ2) is 8.70. The molecule has 2 saturated heterocycles. The first-order valence-electron chi connectivity index (χ1n) is 10.6. The normalized spacial score (nSPS) is 17.6. The monoisotopic (exact) mass is 406 g/mol. The number of hydrogen-bond acceptors (Lipinski definition) is 5. The molecule has 2 aliphatic rings. The molecule has 0 spiro atoms. The van der Waals surface area contributed by atoms with E-state index in [2.05, 4.69) is 11.1 Å². The van der Waals surface area contributed by atoms with Gasteiger partial charge in [-0.3, -0.25) is 9.59 Å². The number of benzene rings is 1. The van der Waals surface area contributed by atoms with Gasteiger partial charge in [0.25, 0.3) is 11.8 Å². The van der Waals surface area contributed by atoms with Gasteiger partial charge in [-0.15, -0.1) is 0 Å². The molecule has 0 saturated carbocycles. The molecular formula is C23H26N4O3. The van der Waals surface area contributed by atoms with Crippen LogP contribution in [0.25, 0.3) is 0 Å². The summed E-state index contributed by atoms with van der Waals surface area (Å²) >= 11 is 0. The summed E-state index contributed by atoms with van der Waals surface area (Å²) in [4.78, 5) is 33.8. The summed E-state index contributed by atoms with van der Waals surface area (Å²) in [6.45, 7) is 4.60. The zero-order valence-electron chi connectivity index (χ0n) is 17.3. The molecule has 0 unspecified atom stereocenters. The molecule has 0 radical (unpaired) electrons. The number of nitriles is 1. The average molecular weight is 406 g/mol. The minimum absolute atomic E-state index is 0.0255. The molecule has 2 aromatic rings. The van der Waals surface area contributed by atoms with Crippen LogP contribution in [0.1, 0.15) is 76.1 Å². The average Bonchev–Trinajstić information content (AvgIpc) is 3.20. The lowest BCUT2D eigenvalue weighted by Crippen LogP contribution is -2.38. The number of hydrogen-bond donors (Lipinski definition) is 0. The van der Waals surface area contributed by atoms with E-state index in [9.17, 15) is 9.59 Å². The maximum Gasteiger partial charge on any atom is 0.276 e. The van der Waals surface area contributed by atoms with E-state index in [-0.39, 0.29) is 17.7 Å². The largest absolute Gasteiger partial charge is 0.445 e. The Morgan fingerprint density at radius 2 is 1.63 bits per heavy atom. The van der Waals surface area contributed by atoms with Gasteiger partial charge >= 0.3 is 0 Å². The number of piperidine rings is 2. The van der Waals surface area contributed by atoms with Crippen molar-refractivity contribution >= 4 is 11.8 Å². The molecule has 156 valence electrons. The molecule has 30 heavy (non-hydrogen) atoms. The Labute approximate surface area is 176 Å². The first kappa shape index (κ1) is 20.1. The minimum Gasteiger partial charge on any atom is -0.445 e. The van der Waals surface area contributed by atoms with E-state index < -0.39 is 0 Å². The van der Waals surface area contributed by atoms with Gasteiger partial charge < -0.3 is 14.2 Å². The van der Waals surface area contributed by atoms with Crippen molar-refractivity contribution in [3.63, 3.8) is 0 Å². The Morgan fingerprint density at radius 1 is 1.00 bits per heavy atom. The van der Waals surface area contributed by atoms with Crippen LogP contribution < -0.4 is 0 Å². The topological polar surface area (TPSA) is 90.4 Å². The molecule has 2 aliphatic heterocycles. The van der Waals surface area contributed by atoms with Gasteiger partial charge in [0.1, 0.15) is 5.76 Å². The zero-order chi connectivity index (χ0) is 21.1. The van der Waals surface area contributed by atoms with Crippen molar-refractivity contribution in [3.05, 3.63) is 52.7 Å². The lowest BCUT2D eigenvalue weighted by molar-refractivity contribution is 0.0704. The van der Waals surface area contributed by atoms with Gasteiger partial charge in [-0.2, -0.15) is 5.26 Å². The number of oxazole rings is 1. The number of amides is 2. The summed E-state index contributed by atoms with van der Waals surface area (Å²) in [6, 6.07) is 8.78. The summed E-state index contributed by atoms with van der Waals surface area (Å²) < 4.78 is 5.88. The maximum absolute atomic E-state index is 12.8. The summed E-state index contributed by atoms with van der Waals surface area (Å²) in [5.41, 5.74) is 1.57. The molecule has 7 heteroatoms. The molecule has 7 nitrogen and oxygen atoms in total. The molecule has 0 aliphatic carbocycles. The molecule has 4 rings (SSSR count). The predicted octanol–water partition coefficient (Wildman–Crippen LogP) is 3.50. The Hall–Kier alpha value is -3.14. The predicted molar refractivity (Wildman–Crippen MR) is 110 cm³/mol. The van der Waals surface area contributed by atoms with Crippen molar-refractivity contribution in [3.8, 4) is 6.07 Å². The van der Waals surface area contributed by atoms with Crippen LogP contribution in [-0.4, -0.2) is 52.8 Å². The van der Waals surface area contributed by atoms with E-state index in [4.69, 9.17) is 9.68 Å². The van der Waals surface area contributed by atoms with Crippen molar-refractivity contribution in [1.82, 2.24) is 14.8 Å². The third-order valence-electron chi connectivity index (χ3n) is 6.05. The van der Waals surface area contributed by atoms with E-state index in [1.54, 1.807) is 31.2 Å². The molecule has 1 aromatic carbocycles. The summed E-state index contributed by atoms with van der Waals surface area (Å²) in [5, 5.41) is 8.90. The first-order chi connectivity index (χ1) is 14.6. The van der Waals surface area contributed by atoms with E-state index in [1.165, 1.54) is 6.42 Å². The maximum atomic E-state index is 12.8. The van der Waals surface area contributed by atoms with Crippen molar-refractivity contribution in [2.45, 2.75) is 44.9 Å². The highest BCUT2D eigenvalue weighted by atomic mass is 16.4. The lowest BCUT2D eigenvalue weighted by Gasteiger charge is -2.30. The van der Waals surface area contributed by atoms with Gasteiger partial charge in [0.15, 0.2) is 11.6 Å². The zero-order valence-corrected chi connectivity index (χ0v) is 17.3. The Balaban J connectivity index is 1.38. The molecule has 2 amide bonds. The molecule has 0 atom stereocenters. The van der Waals surface area contributed by atoms with Crippen LogP contribution in [0.5, 0.6) is 0 Å². The number of carbonyl (C=O) groups excluding carboxylic acids is 2. The summed E-state index contributed by atoms with van der Waals surface area (Å²) in [7, 11) is 0. The SMILES string of the molecule is Cc1oc(C2CCN(C(=O)c3ccc(C#N)cc3)CC2)nc1C(=O)N1CCCCC1. The fourth-order valence-corrected chi connectivity index (χ4v) is 4.24. The van der Waals surface area contributed by atoms with Gasteiger partial charge in [0.2, 0.25) is 0 Å². The number of nitrogens with zero attached hydrogens (tertiary/aromatic N) is 4. The quantitative estimate of drug-likeness (QED) is 0.778. The van der Waals surface area contributed by atoms with Crippen LogP contribution in [0.4, 0.5) is 0 Å². The minimum atomic E-state index is -0.0318. The van der Waals surface area contributed by atoms with Crippen LogP contribution >= 0.6 is 0 Å². The third-order valence-corrected chi connectivity index (χ3v) is 6.05. The summed E-state index contributed by atoms with van der Waals surface area (Å²) in [6.07, 6.45) is 4.76. The van der Waals surface area contributed by atoms with Crippen LogP contribution in [-0.2, 0) is 0 Å². The van der Waals surface area contributed by atoms with Gasteiger partial charge in [-0.05, 0) is 63.3 Å². The highest BCUT2D eigenvalue weighted by Crippen LogP contribution is 2.30. The molecule has 3 heterocycles. The van der Waals surface area contributed by atoms with E-state index in [0.717, 1.165) is 38.8 Å². The number of likely N-dealkylation sites (tertiary alicyclic amines) is 2. The fourth-order valence-electron chi connectivity index (χ4n) is 4.24. The van der Waals surface area contributed by atoms with E-state index >= 15 is 0 Å². The molecule has 1 aromatic heterocycles. The van der Waals surface area contributed by atoms with Gasteiger partial charge in [0.05, 0.1) is 11.6 Å². The Bertz CT molecular complexity index is 959. The standard InChI is InChI=1S/C23H26N4O3/c1-16-20(23(29)26-11-3-2-4-12-26)25-21(30-16)18-9-13-27(14-10-18)22(28)19-7-5-17(15-24)6-8-19/h5-8,18H,2-4,9-14H2,1H3. The second-order valence-electron chi connectivity index (χ2n) is 8.07. The fraction of sp³-hybridized carbons (Fsp3) is 0.478. The van der Waals surface area contributed by atoms with Crippen LogP contribution in [0, 0.1) is 18.3 Å².